The molecule has 4 nitrogen and oxygen atoms in total. The number of nitrogens with two attached hydrogens (primary N) is 1. The average molecular weight is 261 g/mol. The number of anilines is 1. The molecule has 14 heavy (non-hydrogen) atoms. The normalized spacial score (nSPS) is 11.3. The van der Waals surface area contributed by atoms with Crippen LogP contribution in [0.1, 0.15) is 0 Å². The van der Waals surface area contributed by atoms with Crippen molar-refractivity contribution in [3.63, 3.8) is 0 Å². The summed E-state index contributed by atoms with van der Waals surface area (Å²) in [5, 5.41) is 2.80. The third-order valence-corrected chi connectivity index (χ3v) is 2.19. The lowest BCUT2D eigenvalue weighted by molar-refractivity contribution is 0.622. The molecule has 0 aliphatic carbocycles. The van der Waals surface area contributed by atoms with Crippen LogP contribution in [-0.4, -0.2) is 13.0 Å². The lowest BCUT2D eigenvalue weighted by Gasteiger charge is -2.08. The van der Waals surface area contributed by atoms with Gasteiger partial charge in [0.15, 0.2) is 0 Å². The van der Waals surface area contributed by atoms with E-state index in [0.717, 1.165) is 0 Å². The van der Waals surface area contributed by atoms with Crippen LogP contribution in [0.4, 0.5) is 10.1 Å². The molecule has 0 atom stereocenters. The van der Waals surface area contributed by atoms with Crippen LogP contribution in [-0.2, 0) is 0 Å². The minimum Gasteiger partial charge on any atom is -0.325 e. The summed E-state index contributed by atoms with van der Waals surface area (Å²) in [7, 11) is 1.57. The molecule has 0 aliphatic heterocycles. The molecule has 0 aromatic heterocycles. The zero-order valence-corrected chi connectivity index (χ0v) is 9.10. The molecular weight excluding hydrogens is 251 g/mol. The van der Waals surface area contributed by atoms with E-state index in [1.807, 2.05) is 0 Å². The number of hydrogen-bond donors (Lipinski definition) is 3. The van der Waals surface area contributed by atoms with Crippen molar-refractivity contribution in [3.05, 3.63) is 28.5 Å². The molecule has 0 radical (unpaired) electrons. The fourth-order valence-electron chi connectivity index (χ4n) is 0.867. The predicted octanol–water partition coefficient (Wildman–Crippen LogP) is 1.45. The first kappa shape index (κ1) is 10.9. The van der Waals surface area contributed by atoms with Crippen LogP contribution in [0.25, 0.3) is 0 Å². The molecule has 0 saturated heterocycles. The van der Waals surface area contributed by atoms with Gasteiger partial charge in [0.25, 0.3) is 0 Å². The number of halogens is 2. The molecule has 1 aromatic rings. The summed E-state index contributed by atoms with van der Waals surface area (Å²) >= 11 is 3.06. The molecule has 4 N–H and O–H groups in total. The maximum absolute atomic E-state index is 13.1. The van der Waals surface area contributed by atoms with Crippen molar-refractivity contribution in [1.29, 1.82) is 0 Å². The molecule has 6 heteroatoms. The van der Waals surface area contributed by atoms with Crippen molar-refractivity contribution in [1.82, 2.24) is 5.43 Å². The van der Waals surface area contributed by atoms with Gasteiger partial charge in [-0.15, -0.1) is 0 Å². The van der Waals surface area contributed by atoms with Crippen molar-refractivity contribution in [2.45, 2.75) is 0 Å². The third-order valence-electron chi connectivity index (χ3n) is 1.54. The summed E-state index contributed by atoms with van der Waals surface area (Å²) < 4.78 is 13.5. The number of benzene rings is 1. The number of hydrogen-bond acceptors (Lipinski definition) is 2. The van der Waals surface area contributed by atoms with E-state index >= 15 is 0 Å². The Bertz CT molecular complexity index is 353. The van der Waals surface area contributed by atoms with Gasteiger partial charge in [0.1, 0.15) is 5.82 Å². The van der Waals surface area contributed by atoms with Crippen LogP contribution >= 0.6 is 15.9 Å². The summed E-state index contributed by atoms with van der Waals surface area (Å²) in [5.41, 5.74) is 2.91. The quantitative estimate of drug-likeness (QED) is 0.310. The van der Waals surface area contributed by atoms with Gasteiger partial charge in [0, 0.05) is 12.7 Å². The van der Waals surface area contributed by atoms with E-state index in [0.29, 0.717) is 16.1 Å². The molecule has 0 aliphatic rings. The summed E-state index contributed by atoms with van der Waals surface area (Å²) in [4.78, 5) is 3.79. The highest BCUT2D eigenvalue weighted by molar-refractivity contribution is 9.10. The van der Waals surface area contributed by atoms with E-state index in [4.69, 9.17) is 5.84 Å². The molecule has 1 aromatic carbocycles. The standard InChI is InChI=1S/C8H10BrFN4/c1-12-8(14-11)13-5-2-3-6(9)7(10)4-5/h2-4H,11H2,1H3,(H2,12,13,14). The predicted molar refractivity (Wildman–Crippen MR) is 58.4 cm³/mol. The molecule has 76 valence electrons. The van der Waals surface area contributed by atoms with Crippen LogP contribution in [0.2, 0.25) is 0 Å². The van der Waals surface area contributed by atoms with Gasteiger partial charge in [-0.05, 0) is 34.1 Å². The van der Waals surface area contributed by atoms with E-state index in [2.05, 4.69) is 31.7 Å². The fourth-order valence-corrected chi connectivity index (χ4v) is 1.11. The Morgan fingerprint density at radius 3 is 2.79 bits per heavy atom. The average Bonchev–Trinajstić information content (AvgIpc) is 2.19. The van der Waals surface area contributed by atoms with Crippen LogP contribution in [0.5, 0.6) is 0 Å². The highest BCUT2D eigenvalue weighted by Gasteiger charge is 2.01. The van der Waals surface area contributed by atoms with Crippen molar-refractivity contribution in [2.24, 2.45) is 10.8 Å². The zero-order valence-electron chi connectivity index (χ0n) is 7.51. The van der Waals surface area contributed by atoms with Gasteiger partial charge in [-0.2, -0.15) is 0 Å². The monoisotopic (exact) mass is 260 g/mol. The lowest BCUT2D eigenvalue weighted by atomic mass is 10.3. The Hall–Kier alpha value is -1.14. The largest absolute Gasteiger partial charge is 0.325 e. The van der Waals surface area contributed by atoms with Gasteiger partial charge in [-0.3, -0.25) is 10.4 Å². The van der Waals surface area contributed by atoms with Gasteiger partial charge >= 0.3 is 0 Å². The maximum Gasteiger partial charge on any atom is 0.209 e. The Balaban J connectivity index is 2.82. The van der Waals surface area contributed by atoms with Crippen LogP contribution in [0.3, 0.4) is 0 Å². The zero-order chi connectivity index (χ0) is 10.6. The number of nitrogens with one attached hydrogen (secondary N) is 2. The highest BCUT2D eigenvalue weighted by Crippen LogP contribution is 2.18. The lowest BCUT2D eigenvalue weighted by Crippen LogP contribution is -2.36. The molecule has 0 amide bonds. The van der Waals surface area contributed by atoms with E-state index in [9.17, 15) is 4.39 Å². The first-order valence-corrected chi connectivity index (χ1v) is 4.62. The second kappa shape index (κ2) is 4.92. The summed E-state index contributed by atoms with van der Waals surface area (Å²) in [6.45, 7) is 0. The van der Waals surface area contributed by atoms with Gasteiger partial charge in [0.05, 0.1) is 4.47 Å². The van der Waals surface area contributed by atoms with E-state index in [1.54, 1.807) is 19.2 Å². The van der Waals surface area contributed by atoms with Crippen LogP contribution in [0, 0.1) is 5.82 Å². The van der Waals surface area contributed by atoms with Crippen molar-refractivity contribution >= 4 is 27.6 Å². The molecule has 0 bridgehead atoms. The topological polar surface area (TPSA) is 62.4 Å². The summed E-state index contributed by atoms with van der Waals surface area (Å²) in [6.07, 6.45) is 0. The van der Waals surface area contributed by atoms with Gasteiger partial charge in [-0.1, -0.05) is 0 Å². The van der Waals surface area contributed by atoms with Crippen molar-refractivity contribution in [2.75, 3.05) is 12.4 Å². The Kier molecular flexibility index (Phi) is 3.84. The second-order valence-electron chi connectivity index (χ2n) is 2.47. The first-order chi connectivity index (χ1) is 6.67. The van der Waals surface area contributed by atoms with Gasteiger partial charge in [0.2, 0.25) is 5.96 Å². The highest BCUT2D eigenvalue weighted by atomic mass is 79.9. The third kappa shape index (κ3) is 2.68. The van der Waals surface area contributed by atoms with Crippen molar-refractivity contribution < 1.29 is 4.39 Å². The molecule has 0 fully saturated rings. The summed E-state index contributed by atoms with van der Waals surface area (Å²) in [5.74, 6) is 5.18. The molecule has 0 spiro atoms. The fraction of sp³-hybridized carbons (Fsp3) is 0.125. The maximum atomic E-state index is 13.1. The number of nitrogens with zero attached hydrogens (tertiary/aromatic N) is 1. The van der Waals surface area contributed by atoms with Crippen molar-refractivity contribution in [3.8, 4) is 0 Å². The van der Waals surface area contributed by atoms with Crippen LogP contribution in [0.15, 0.2) is 27.7 Å². The minimum absolute atomic E-state index is 0.345. The number of guanidine groups is 1. The van der Waals surface area contributed by atoms with Crippen LogP contribution < -0.4 is 16.6 Å². The molecule has 0 unspecified atom stereocenters. The Labute approximate surface area is 89.5 Å². The number of aliphatic imine (C=N–C) groups is 1. The Morgan fingerprint density at radius 1 is 1.57 bits per heavy atom. The Morgan fingerprint density at radius 2 is 2.29 bits per heavy atom. The first-order valence-electron chi connectivity index (χ1n) is 3.83. The number of hydrazine groups is 1. The van der Waals surface area contributed by atoms with E-state index < -0.39 is 0 Å². The van der Waals surface area contributed by atoms with Gasteiger partial charge in [-0.25, -0.2) is 10.2 Å². The van der Waals surface area contributed by atoms with Gasteiger partial charge < -0.3 is 5.32 Å². The second-order valence-corrected chi connectivity index (χ2v) is 3.32. The molecule has 0 heterocycles. The molecular formula is C8H10BrFN4. The number of rotatable bonds is 1. The van der Waals surface area contributed by atoms with E-state index in [1.165, 1.54) is 6.07 Å². The SMILES string of the molecule is CN=C(NN)Nc1ccc(Br)c(F)c1. The molecule has 1 rings (SSSR count). The smallest absolute Gasteiger partial charge is 0.209 e. The van der Waals surface area contributed by atoms with E-state index in [-0.39, 0.29) is 5.82 Å². The minimum atomic E-state index is -0.345. The molecule has 0 saturated carbocycles. The summed E-state index contributed by atoms with van der Waals surface area (Å²) in [6, 6.07) is 4.64.